The summed E-state index contributed by atoms with van der Waals surface area (Å²) < 4.78 is 2.99. The monoisotopic (exact) mass is 379 g/mol. The Balaban J connectivity index is 1.97. The van der Waals surface area contributed by atoms with E-state index in [9.17, 15) is 9.59 Å². The summed E-state index contributed by atoms with van der Waals surface area (Å²) in [7, 11) is 0. The first-order chi connectivity index (χ1) is 13.1. The first kappa shape index (κ1) is 17.2. The van der Waals surface area contributed by atoms with Crippen LogP contribution in [0.5, 0.6) is 0 Å². The minimum absolute atomic E-state index is 0.196. The molecule has 4 rings (SSSR count). The maximum absolute atomic E-state index is 13.2. The minimum atomic E-state index is -1.25. The second-order valence-electron chi connectivity index (χ2n) is 6.11. The number of hydrogen-bond donors (Lipinski definition) is 2. The molecule has 136 valence electrons. The Bertz CT molecular complexity index is 1100. The van der Waals surface area contributed by atoms with Crippen molar-refractivity contribution in [2.75, 3.05) is 0 Å². The summed E-state index contributed by atoms with van der Waals surface area (Å²) in [6, 6.07) is 18.7. The molecular formula is C19H17N5O2S. The molecule has 0 aliphatic carbocycles. The number of amides is 1. The highest BCUT2D eigenvalue weighted by atomic mass is 32.1. The molecule has 1 amide bonds. The number of hydrogen-bond acceptors (Lipinski definition) is 4. The molecule has 1 aliphatic rings. The molecule has 0 saturated carbocycles. The van der Waals surface area contributed by atoms with E-state index in [0.717, 1.165) is 11.1 Å². The fourth-order valence-corrected chi connectivity index (χ4v) is 3.63. The van der Waals surface area contributed by atoms with Gasteiger partial charge in [0, 0.05) is 6.54 Å². The normalized spacial score (nSPS) is 15.4. The molecule has 0 radical (unpaired) electrons. The quantitative estimate of drug-likeness (QED) is 0.683. The summed E-state index contributed by atoms with van der Waals surface area (Å²) in [5, 5.41) is 5.43. The molecule has 0 saturated heterocycles. The number of aromatic nitrogens is 3. The van der Waals surface area contributed by atoms with Crippen LogP contribution in [-0.4, -0.2) is 26.2 Å². The number of H-pyrrole nitrogens is 1. The van der Waals surface area contributed by atoms with Crippen LogP contribution >= 0.6 is 12.2 Å². The Morgan fingerprint density at radius 1 is 1.00 bits per heavy atom. The predicted molar refractivity (Wildman–Crippen MR) is 104 cm³/mol. The highest BCUT2D eigenvalue weighted by molar-refractivity contribution is 7.71. The van der Waals surface area contributed by atoms with Crippen molar-refractivity contribution in [1.29, 1.82) is 0 Å². The molecule has 1 aliphatic heterocycles. The Morgan fingerprint density at radius 2 is 1.56 bits per heavy atom. The highest BCUT2D eigenvalue weighted by Gasteiger charge is 2.47. The third kappa shape index (κ3) is 2.57. The molecule has 27 heavy (non-hydrogen) atoms. The van der Waals surface area contributed by atoms with Crippen LogP contribution in [0, 0.1) is 4.77 Å². The number of nitrogens with one attached hydrogen (secondary N) is 2. The van der Waals surface area contributed by atoms with Gasteiger partial charge < -0.3 is 0 Å². The lowest BCUT2D eigenvalue weighted by Gasteiger charge is -2.24. The van der Waals surface area contributed by atoms with Gasteiger partial charge in [-0.05, 0) is 30.3 Å². The Hall–Kier alpha value is -3.26. The zero-order chi connectivity index (χ0) is 19.0. The molecule has 2 N–H and O–H groups in total. The fraction of sp³-hybridized carbons (Fsp3) is 0.158. The zero-order valence-corrected chi connectivity index (χ0v) is 15.4. The Kier molecular flexibility index (Phi) is 4.12. The van der Waals surface area contributed by atoms with Crippen LogP contribution in [0.15, 0.2) is 70.5 Å². The fourth-order valence-electron chi connectivity index (χ4n) is 3.29. The van der Waals surface area contributed by atoms with Crippen molar-refractivity contribution in [2.45, 2.75) is 19.0 Å². The number of aliphatic imine (C=N–C) groups is 1. The zero-order valence-electron chi connectivity index (χ0n) is 14.5. The van der Waals surface area contributed by atoms with Crippen LogP contribution in [-0.2, 0) is 16.9 Å². The van der Waals surface area contributed by atoms with E-state index in [1.54, 1.807) is 0 Å². The van der Waals surface area contributed by atoms with Gasteiger partial charge in [0.1, 0.15) is 0 Å². The minimum Gasteiger partial charge on any atom is -0.292 e. The maximum atomic E-state index is 13.2. The van der Waals surface area contributed by atoms with Gasteiger partial charge in [0.2, 0.25) is 10.7 Å². The summed E-state index contributed by atoms with van der Waals surface area (Å²) in [6.07, 6.45) is 0. The van der Waals surface area contributed by atoms with Crippen molar-refractivity contribution in [3.05, 3.63) is 87.0 Å². The van der Waals surface area contributed by atoms with Crippen molar-refractivity contribution in [1.82, 2.24) is 19.7 Å². The van der Waals surface area contributed by atoms with Gasteiger partial charge >= 0.3 is 5.69 Å². The highest BCUT2D eigenvalue weighted by Crippen LogP contribution is 2.36. The van der Waals surface area contributed by atoms with Crippen LogP contribution in [0.2, 0.25) is 0 Å². The average molecular weight is 379 g/mol. The lowest BCUT2D eigenvalue weighted by atomic mass is 9.83. The smallest absolute Gasteiger partial charge is 0.292 e. The van der Waals surface area contributed by atoms with Crippen LogP contribution in [0.4, 0.5) is 0 Å². The van der Waals surface area contributed by atoms with E-state index in [2.05, 4.69) is 10.4 Å². The number of carbonyl (C=O) groups is 1. The number of carbonyl (C=O) groups excluding carboxylic acids is 1. The van der Waals surface area contributed by atoms with Gasteiger partial charge in [-0.2, -0.15) is 4.68 Å². The van der Waals surface area contributed by atoms with E-state index < -0.39 is 5.54 Å². The molecule has 8 heteroatoms. The van der Waals surface area contributed by atoms with E-state index in [1.165, 1.54) is 9.25 Å². The lowest BCUT2D eigenvalue weighted by Crippen LogP contribution is -2.39. The maximum Gasteiger partial charge on any atom is 0.342 e. The molecular weight excluding hydrogens is 362 g/mol. The van der Waals surface area contributed by atoms with E-state index in [4.69, 9.17) is 17.2 Å². The standard InChI is InChI=1S/C19H17N5O2S/c1-2-23-17(26)22-24(18(23)27)16-20-15(25)19(21-16,13-9-5-3-6-10-13)14-11-7-4-8-12-14/h3-12H,2H2,1H3,(H,22,26)(H,20,21,25). The summed E-state index contributed by atoms with van der Waals surface area (Å²) in [4.78, 5) is 30.0. The molecule has 0 spiro atoms. The molecule has 0 bridgehead atoms. The van der Waals surface area contributed by atoms with Gasteiger partial charge in [0.25, 0.3) is 5.91 Å². The Labute approximate surface area is 160 Å². The van der Waals surface area contributed by atoms with E-state index >= 15 is 0 Å². The van der Waals surface area contributed by atoms with Crippen molar-refractivity contribution in [3.63, 3.8) is 0 Å². The second-order valence-corrected chi connectivity index (χ2v) is 6.48. The molecule has 0 atom stereocenters. The molecule has 1 aromatic heterocycles. The van der Waals surface area contributed by atoms with Crippen molar-refractivity contribution < 1.29 is 4.79 Å². The summed E-state index contributed by atoms with van der Waals surface area (Å²) in [5.74, 6) is -0.107. The summed E-state index contributed by atoms with van der Waals surface area (Å²) in [5.41, 5.74) is -0.144. The lowest BCUT2D eigenvalue weighted by molar-refractivity contribution is -0.122. The number of aromatic amines is 1. The molecule has 0 fully saturated rings. The number of benzene rings is 2. The van der Waals surface area contributed by atoms with Gasteiger partial charge in [-0.1, -0.05) is 60.7 Å². The molecule has 2 aromatic carbocycles. The van der Waals surface area contributed by atoms with Crippen LogP contribution in [0.25, 0.3) is 0 Å². The van der Waals surface area contributed by atoms with Crippen LogP contribution in [0.1, 0.15) is 18.1 Å². The molecule has 2 heterocycles. The topological polar surface area (TPSA) is 84.2 Å². The van der Waals surface area contributed by atoms with E-state index in [1.807, 2.05) is 67.6 Å². The number of nitrogens with zero attached hydrogens (tertiary/aromatic N) is 3. The third-order valence-corrected chi connectivity index (χ3v) is 5.02. The molecule has 0 unspecified atom stereocenters. The van der Waals surface area contributed by atoms with E-state index in [0.29, 0.717) is 6.54 Å². The molecule has 7 nitrogen and oxygen atoms in total. The Morgan fingerprint density at radius 3 is 2.04 bits per heavy atom. The van der Waals surface area contributed by atoms with Crippen molar-refractivity contribution in [2.24, 2.45) is 4.99 Å². The molecule has 3 aromatic rings. The average Bonchev–Trinajstić information content (AvgIpc) is 3.20. The van der Waals surface area contributed by atoms with Gasteiger partial charge in [0.05, 0.1) is 0 Å². The third-order valence-electron chi connectivity index (χ3n) is 4.61. The SMILES string of the molecule is CCn1c(=O)[nH]n(C2=NC(c3ccccc3)(c3ccccc3)C(=O)N2)c1=S. The van der Waals surface area contributed by atoms with Gasteiger partial charge in [0.15, 0.2) is 5.54 Å². The first-order valence-electron chi connectivity index (χ1n) is 8.52. The predicted octanol–water partition coefficient (Wildman–Crippen LogP) is 2.00. The van der Waals surface area contributed by atoms with Crippen LogP contribution < -0.4 is 11.0 Å². The van der Waals surface area contributed by atoms with E-state index in [-0.39, 0.29) is 22.3 Å². The van der Waals surface area contributed by atoms with Crippen molar-refractivity contribution in [3.8, 4) is 0 Å². The first-order valence-corrected chi connectivity index (χ1v) is 8.93. The summed E-state index contributed by atoms with van der Waals surface area (Å²) >= 11 is 5.36. The second kappa shape index (κ2) is 6.48. The van der Waals surface area contributed by atoms with Gasteiger partial charge in [-0.25, -0.2) is 14.9 Å². The van der Waals surface area contributed by atoms with Crippen LogP contribution in [0.3, 0.4) is 0 Å². The van der Waals surface area contributed by atoms with Gasteiger partial charge in [-0.15, -0.1) is 0 Å². The van der Waals surface area contributed by atoms with Crippen molar-refractivity contribution >= 4 is 24.1 Å². The van der Waals surface area contributed by atoms with Gasteiger partial charge in [-0.3, -0.25) is 14.7 Å². The largest absolute Gasteiger partial charge is 0.342 e. The summed E-state index contributed by atoms with van der Waals surface area (Å²) in [6.45, 7) is 2.24. The number of rotatable bonds is 3.